The summed E-state index contributed by atoms with van der Waals surface area (Å²) in [5.41, 5.74) is 6.07. The van der Waals surface area contributed by atoms with Crippen LogP contribution in [0.1, 0.15) is 56.3 Å². The van der Waals surface area contributed by atoms with E-state index >= 15 is 0 Å². The summed E-state index contributed by atoms with van der Waals surface area (Å²) >= 11 is 1.50. The number of anilines is 1. The summed E-state index contributed by atoms with van der Waals surface area (Å²) in [6, 6.07) is 15.5. The molecule has 6 nitrogen and oxygen atoms in total. The van der Waals surface area contributed by atoms with Crippen molar-refractivity contribution in [1.29, 1.82) is 0 Å². The Bertz CT molecular complexity index is 1230. The first-order chi connectivity index (χ1) is 16.8. The summed E-state index contributed by atoms with van der Waals surface area (Å²) in [5.74, 6) is -0.226. The van der Waals surface area contributed by atoms with E-state index in [1.807, 2.05) is 56.5 Å². The normalized spacial score (nSPS) is 18.0. The first kappa shape index (κ1) is 24.8. The third kappa shape index (κ3) is 5.35. The largest absolute Gasteiger partial charge is 0.353 e. The molecule has 35 heavy (non-hydrogen) atoms. The van der Waals surface area contributed by atoms with Gasteiger partial charge < -0.3 is 15.5 Å². The number of nitrogens with one attached hydrogen (secondary N) is 2. The number of aryl methyl sites for hydroxylation is 2. The highest BCUT2D eigenvalue weighted by atomic mass is 32.2. The number of aliphatic imine (C=N–C) groups is 1. The van der Waals surface area contributed by atoms with Gasteiger partial charge in [-0.1, -0.05) is 60.6 Å². The SMILES string of the molecule is CCC(C)NC(=O)CC1=CSC2=NC(C)=C(C(=O)Nc3ccccc3)C(c3cc(C)ccc3C)N12. The van der Waals surface area contributed by atoms with E-state index in [-0.39, 0.29) is 30.3 Å². The van der Waals surface area contributed by atoms with Gasteiger partial charge in [0.2, 0.25) is 5.91 Å². The number of benzene rings is 2. The number of amides is 2. The third-order valence-corrected chi connectivity index (χ3v) is 7.26. The lowest BCUT2D eigenvalue weighted by molar-refractivity contribution is -0.121. The Balaban J connectivity index is 1.75. The van der Waals surface area contributed by atoms with Crippen LogP contribution in [0.5, 0.6) is 0 Å². The molecule has 2 aromatic carbocycles. The highest BCUT2D eigenvalue weighted by Gasteiger charge is 2.41. The van der Waals surface area contributed by atoms with E-state index in [9.17, 15) is 9.59 Å². The number of carbonyl (C=O) groups excluding carboxylic acids is 2. The standard InChI is InChI=1S/C28H32N4O2S/c1-6-19(4)29-24(33)15-22-16-35-28-30-20(5)25(27(34)31-21-10-8-7-9-11-21)26(32(22)28)23-14-17(2)12-13-18(23)3/h7-14,16,19,26H,6,15H2,1-5H3,(H,29,33)(H,31,34). The number of rotatable bonds is 7. The Labute approximate surface area is 211 Å². The van der Waals surface area contributed by atoms with E-state index in [1.54, 1.807) is 0 Å². The molecular weight excluding hydrogens is 456 g/mol. The van der Waals surface area contributed by atoms with Crippen molar-refractivity contribution in [3.8, 4) is 0 Å². The Morgan fingerprint density at radius 2 is 1.86 bits per heavy atom. The lowest BCUT2D eigenvalue weighted by Crippen LogP contribution is -2.40. The maximum Gasteiger partial charge on any atom is 0.255 e. The van der Waals surface area contributed by atoms with Gasteiger partial charge in [0, 0.05) is 17.4 Å². The average molecular weight is 489 g/mol. The maximum absolute atomic E-state index is 13.7. The summed E-state index contributed by atoms with van der Waals surface area (Å²) in [6.07, 6.45) is 1.09. The van der Waals surface area contributed by atoms with Crippen molar-refractivity contribution in [2.24, 2.45) is 4.99 Å². The van der Waals surface area contributed by atoms with Crippen LogP contribution in [0.3, 0.4) is 0 Å². The van der Waals surface area contributed by atoms with E-state index in [4.69, 9.17) is 4.99 Å². The highest BCUT2D eigenvalue weighted by molar-refractivity contribution is 8.16. The molecule has 4 rings (SSSR count). The van der Waals surface area contributed by atoms with Crippen LogP contribution in [0.4, 0.5) is 5.69 Å². The van der Waals surface area contributed by atoms with Gasteiger partial charge in [0.1, 0.15) is 0 Å². The summed E-state index contributed by atoms with van der Waals surface area (Å²) in [4.78, 5) is 33.4. The van der Waals surface area contributed by atoms with Crippen LogP contribution in [-0.2, 0) is 9.59 Å². The lowest BCUT2D eigenvalue weighted by atomic mass is 9.89. The topological polar surface area (TPSA) is 73.8 Å². The molecule has 0 bridgehead atoms. The molecule has 0 aromatic heterocycles. The number of hydrogen-bond acceptors (Lipinski definition) is 5. The molecule has 0 saturated carbocycles. The van der Waals surface area contributed by atoms with Crippen molar-refractivity contribution in [3.05, 3.63) is 87.6 Å². The van der Waals surface area contributed by atoms with E-state index in [2.05, 4.69) is 47.6 Å². The molecule has 182 valence electrons. The number of fused-ring (bicyclic) bond motifs is 1. The highest BCUT2D eigenvalue weighted by Crippen LogP contribution is 2.45. The minimum absolute atomic E-state index is 0.0336. The molecule has 0 fully saturated rings. The van der Waals surface area contributed by atoms with Gasteiger partial charge in [0.25, 0.3) is 5.91 Å². The molecule has 0 aliphatic carbocycles. The summed E-state index contributed by atoms with van der Waals surface area (Å²) in [6.45, 7) is 10.0. The monoisotopic (exact) mass is 488 g/mol. The summed E-state index contributed by atoms with van der Waals surface area (Å²) in [7, 11) is 0. The van der Waals surface area contributed by atoms with Crippen LogP contribution in [0.15, 0.2) is 75.9 Å². The van der Waals surface area contributed by atoms with Crippen LogP contribution in [-0.4, -0.2) is 27.9 Å². The van der Waals surface area contributed by atoms with Crippen molar-refractivity contribution in [2.75, 3.05) is 5.32 Å². The van der Waals surface area contributed by atoms with E-state index < -0.39 is 0 Å². The number of carbonyl (C=O) groups is 2. The van der Waals surface area contributed by atoms with E-state index in [1.165, 1.54) is 11.8 Å². The summed E-state index contributed by atoms with van der Waals surface area (Å²) in [5, 5.41) is 8.87. The number of para-hydroxylation sites is 1. The number of thioether (sulfide) groups is 1. The Morgan fingerprint density at radius 3 is 2.57 bits per heavy atom. The fraction of sp³-hybridized carbons (Fsp3) is 0.321. The lowest BCUT2D eigenvalue weighted by Gasteiger charge is -2.37. The first-order valence-corrected chi connectivity index (χ1v) is 12.8. The second kappa shape index (κ2) is 10.5. The zero-order chi connectivity index (χ0) is 25.1. The number of amidine groups is 1. The smallest absolute Gasteiger partial charge is 0.255 e. The number of nitrogens with zero attached hydrogens (tertiary/aromatic N) is 2. The van der Waals surface area contributed by atoms with Crippen LogP contribution in [0, 0.1) is 13.8 Å². The van der Waals surface area contributed by atoms with Crippen LogP contribution in [0.2, 0.25) is 0 Å². The minimum Gasteiger partial charge on any atom is -0.353 e. The van der Waals surface area contributed by atoms with Crippen molar-refractivity contribution in [2.45, 2.75) is 59.5 Å². The molecule has 2 heterocycles. The second-order valence-corrected chi connectivity index (χ2v) is 9.96. The molecular formula is C28H32N4O2S. The molecule has 0 radical (unpaired) electrons. The van der Waals surface area contributed by atoms with Crippen molar-refractivity contribution in [1.82, 2.24) is 10.2 Å². The van der Waals surface area contributed by atoms with Crippen molar-refractivity contribution >= 4 is 34.4 Å². The summed E-state index contributed by atoms with van der Waals surface area (Å²) < 4.78 is 0. The fourth-order valence-corrected chi connectivity index (χ4v) is 5.29. The molecule has 2 amide bonds. The Morgan fingerprint density at radius 1 is 1.11 bits per heavy atom. The van der Waals surface area contributed by atoms with Gasteiger partial charge in [-0.15, -0.1) is 0 Å². The number of allylic oxidation sites excluding steroid dienone is 1. The van der Waals surface area contributed by atoms with Crippen LogP contribution >= 0.6 is 11.8 Å². The fourth-order valence-electron chi connectivity index (χ4n) is 4.32. The zero-order valence-corrected chi connectivity index (χ0v) is 21.7. The third-order valence-electron chi connectivity index (χ3n) is 6.37. The van der Waals surface area contributed by atoms with Gasteiger partial charge >= 0.3 is 0 Å². The number of hydrogen-bond donors (Lipinski definition) is 2. The molecule has 0 saturated heterocycles. The molecule has 0 spiro atoms. The molecule has 2 N–H and O–H groups in total. The molecule has 7 heteroatoms. The van der Waals surface area contributed by atoms with Crippen molar-refractivity contribution < 1.29 is 9.59 Å². The quantitative estimate of drug-likeness (QED) is 0.515. The average Bonchev–Trinajstić information content (AvgIpc) is 3.21. The van der Waals surface area contributed by atoms with Gasteiger partial charge in [-0.2, -0.15) is 0 Å². The predicted octanol–water partition coefficient (Wildman–Crippen LogP) is 5.82. The zero-order valence-electron chi connectivity index (χ0n) is 20.9. The molecule has 2 aliphatic rings. The molecule has 2 aliphatic heterocycles. The molecule has 2 atom stereocenters. The predicted molar refractivity (Wildman–Crippen MR) is 144 cm³/mol. The van der Waals surface area contributed by atoms with Gasteiger partial charge in [-0.05, 0) is 62.8 Å². The van der Waals surface area contributed by atoms with Gasteiger partial charge in [0.05, 0.1) is 23.7 Å². The molecule has 2 aromatic rings. The van der Waals surface area contributed by atoms with Crippen LogP contribution < -0.4 is 10.6 Å². The van der Waals surface area contributed by atoms with E-state index in [0.29, 0.717) is 11.3 Å². The molecule has 2 unspecified atom stereocenters. The Hall–Kier alpha value is -3.32. The maximum atomic E-state index is 13.7. The van der Waals surface area contributed by atoms with Gasteiger partial charge in [-0.25, -0.2) is 4.99 Å². The van der Waals surface area contributed by atoms with Gasteiger partial charge in [0.15, 0.2) is 5.17 Å². The van der Waals surface area contributed by atoms with E-state index in [0.717, 1.165) is 39.7 Å². The van der Waals surface area contributed by atoms with Crippen molar-refractivity contribution in [3.63, 3.8) is 0 Å². The van der Waals surface area contributed by atoms with Gasteiger partial charge in [-0.3, -0.25) is 9.59 Å². The van der Waals surface area contributed by atoms with Crippen LogP contribution in [0.25, 0.3) is 0 Å². The Kier molecular flexibility index (Phi) is 7.45. The second-order valence-electron chi connectivity index (χ2n) is 9.13. The first-order valence-electron chi connectivity index (χ1n) is 12.0. The minimum atomic E-state index is -0.385.